The third-order valence-corrected chi connectivity index (χ3v) is 2.21. The van der Waals surface area contributed by atoms with Crippen LogP contribution in [0.15, 0.2) is 18.2 Å². The summed E-state index contributed by atoms with van der Waals surface area (Å²) in [6.45, 7) is 2.72. The molecule has 1 nitrogen and oxygen atoms in total. The van der Waals surface area contributed by atoms with Gasteiger partial charge in [0.05, 0.1) is 0 Å². The molecule has 1 aliphatic rings. The predicted octanol–water partition coefficient (Wildman–Crippen LogP) is 1.99. The third kappa shape index (κ3) is 0.942. The fourth-order valence-electron chi connectivity index (χ4n) is 1.53. The summed E-state index contributed by atoms with van der Waals surface area (Å²) in [5, 5.41) is 3.19. The van der Waals surface area contributed by atoms with E-state index in [1.807, 2.05) is 13.0 Å². The third-order valence-electron chi connectivity index (χ3n) is 2.21. The van der Waals surface area contributed by atoms with Crippen LogP contribution in [0.1, 0.15) is 24.1 Å². The van der Waals surface area contributed by atoms with E-state index in [0.717, 1.165) is 11.1 Å². The number of rotatable bonds is 0. The lowest BCUT2D eigenvalue weighted by molar-refractivity contribution is 0.600. The zero-order valence-corrected chi connectivity index (χ0v) is 6.39. The molecular weight excluding hydrogens is 141 g/mol. The molecule has 2 heteroatoms. The normalized spacial score (nSPS) is 21.8. The van der Waals surface area contributed by atoms with E-state index in [2.05, 4.69) is 5.32 Å². The van der Waals surface area contributed by atoms with Crippen molar-refractivity contribution < 1.29 is 4.39 Å². The van der Waals surface area contributed by atoms with Crippen molar-refractivity contribution in [3.63, 3.8) is 0 Å². The molecule has 0 amide bonds. The summed E-state index contributed by atoms with van der Waals surface area (Å²) in [5.74, 6) is -0.0839. The Morgan fingerprint density at radius 2 is 2.36 bits per heavy atom. The van der Waals surface area contributed by atoms with Gasteiger partial charge in [-0.25, -0.2) is 4.39 Å². The minimum Gasteiger partial charge on any atom is -0.306 e. The number of benzene rings is 1. The van der Waals surface area contributed by atoms with Crippen LogP contribution < -0.4 is 5.32 Å². The molecule has 1 aliphatic heterocycles. The average molecular weight is 151 g/mol. The minimum atomic E-state index is -0.0839. The van der Waals surface area contributed by atoms with Gasteiger partial charge in [-0.05, 0) is 18.6 Å². The maximum Gasteiger partial charge on any atom is 0.128 e. The molecule has 0 radical (unpaired) electrons. The molecule has 1 N–H and O–H groups in total. The van der Waals surface area contributed by atoms with Crippen LogP contribution in [0.4, 0.5) is 4.39 Å². The molecular formula is C9H10FN. The molecule has 0 spiro atoms. The van der Waals surface area contributed by atoms with E-state index >= 15 is 0 Å². The Morgan fingerprint density at radius 3 is 3.09 bits per heavy atom. The second-order valence-corrected chi connectivity index (χ2v) is 2.91. The van der Waals surface area contributed by atoms with Gasteiger partial charge in [0.2, 0.25) is 0 Å². The van der Waals surface area contributed by atoms with Crippen LogP contribution in [0.3, 0.4) is 0 Å². The fraction of sp³-hybridized carbons (Fsp3) is 0.333. The molecule has 0 aromatic heterocycles. The second-order valence-electron chi connectivity index (χ2n) is 2.91. The Kier molecular flexibility index (Phi) is 1.43. The van der Waals surface area contributed by atoms with E-state index < -0.39 is 0 Å². The molecule has 1 aromatic carbocycles. The number of fused-ring (bicyclic) bond motifs is 1. The Balaban J connectivity index is 2.57. The molecule has 1 aromatic rings. The van der Waals surface area contributed by atoms with Crippen molar-refractivity contribution in [2.75, 3.05) is 0 Å². The molecule has 11 heavy (non-hydrogen) atoms. The van der Waals surface area contributed by atoms with Crippen molar-refractivity contribution in [1.82, 2.24) is 5.32 Å². The summed E-state index contributed by atoms with van der Waals surface area (Å²) in [5.41, 5.74) is 1.94. The van der Waals surface area contributed by atoms with Gasteiger partial charge in [0.15, 0.2) is 0 Å². The van der Waals surface area contributed by atoms with Gasteiger partial charge in [-0.3, -0.25) is 0 Å². The lowest BCUT2D eigenvalue weighted by Crippen LogP contribution is -2.06. The maximum atomic E-state index is 13.0. The number of halogens is 1. The summed E-state index contributed by atoms with van der Waals surface area (Å²) in [6, 6.07) is 5.56. The zero-order valence-electron chi connectivity index (χ0n) is 6.39. The molecule has 0 aliphatic carbocycles. The van der Waals surface area contributed by atoms with Crippen LogP contribution in [-0.2, 0) is 6.54 Å². The van der Waals surface area contributed by atoms with Crippen LogP contribution in [0, 0.1) is 5.82 Å². The molecule has 1 atom stereocenters. The van der Waals surface area contributed by atoms with Gasteiger partial charge in [0.25, 0.3) is 0 Å². The quantitative estimate of drug-likeness (QED) is 0.598. The first-order chi connectivity index (χ1) is 5.29. The first-order valence-electron chi connectivity index (χ1n) is 3.79. The molecule has 2 rings (SSSR count). The Labute approximate surface area is 65.2 Å². The van der Waals surface area contributed by atoms with E-state index in [4.69, 9.17) is 0 Å². The standard InChI is InChI=1S/C9H10FN/c1-6-7-3-2-4-9(10)8(7)5-11-6/h2-4,6,11H,5H2,1H3. The fourth-order valence-corrected chi connectivity index (χ4v) is 1.53. The largest absolute Gasteiger partial charge is 0.306 e. The van der Waals surface area contributed by atoms with E-state index in [1.165, 1.54) is 6.07 Å². The van der Waals surface area contributed by atoms with Crippen molar-refractivity contribution >= 4 is 0 Å². The lowest BCUT2D eigenvalue weighted by Gasteiger charge is -2.02. The lowest BCUT2D eigenvalue weighted by atomic mass is 10.1. The Bertz CT molecular complexity index is 283. The molecule has 0 saturated carbocycles. The Morgan fingerprint density at radius 1 is 1.55 bits per heavy atom. The highest BCUT2D eigenvalue weighted by Crippen LogP contribution is 2.26. The van der Waals surface area contributed by atoms with Crippen LogP contribution in [-0.4, -0.2) is 0 Å². The van der Waals surface area contributed by atoms with Gasteiger partial charge in [-0.15, -0.1) is 0 Å². The van der Waals surface area contributed by atoms with E-state index in [1.54, 1.807) is 6.07 Å². The second kappa shape index (κ2) is 2.31. The highest BCUT2D eigenvalue weighted by atomic mass is 19.1. The number of nitrogens with one attached hydrogen (secondary N) is 1. The van der Waals surface area contributed by atoms with Crippen LogP contribution in [0.2, 0.25) is 0 Å². The van der Waals surface area contributed by atoms with Crippen LogP contribution in [0.25, 0.3) is 0 Å². The van der Waals surface area contributed by atoms with Gasteiger partial charge < -0.3 is 5.32 Å². The first-order valence-corrected chi connectivity index (χ1v) is 3.79. The van der Waals surface area contributed by atoms with Gasteiger partial charge in [0.1, 0.15) is 5.82 Å². The highest BCUT2D eigenvalue weighted by Gasteiger charge is 2.19. The molecule has 58 valence electrons. The topological polar surface area (TPSA) is 12.0 Å². The summed E-state index contributed by atoms with van der Waals surface area (Å²) < 4.78 is 13.0. The number of hydrogen-bond acceptors (Lipinski definition) is 1. The smallest absolute Gasteiger partial charge is 0.128 e. The van der Waals surface area contributed by atoms with E-state index in [0.29, 0.717) is 12.6 Å². The number of hydrogen-bond donors (Lipinski definition) is 1. The molecule has 0 bridgehead atoms. The highest BCUT2D eigenvalue weighted by molar-refractivity contribution is 5.34. The maximum absolute atomic E-state index is 13.0. The van der Waals surface area contributed by atoms with Crippen LogP contribution >= 0.6 is 0 Å². The summed E-state index contributed by atoms with van der Waals surface area (Å²) >= 11 is 0. The van der Waals surface area contributed by atoms with Gasteiger partial charge in [-0.2, -0.15) is 0 Å². The predicted molar refractivity (Wildman–Crippen MR) is 41.7 cm³/mol. The summed E-state index contributed by atoms with van der Waals surface area (Å²) in [6.07, 6.45) is 0. The molecule has 1 unspecified atom stereocenters. The van der Waals surface area contributed by atoms with Crippen molar-refractivity contribution in [3.05, 3.63) is 35.1 Å². The SMILES string of the molecule is CC1NCc2c(F)cccc21. The summed E-state index contributed by atoms with van der Waals surface area (Å²) in [4.78, 5) is 0. The van der Waals surface area contributed by atoms with Gasteiger partial charge >= 0.3 is 0 Å². The van der Waals surface area contributed by atoms with E-state index in [9.17, 15) is 4.39 Å². The first kappa shape index (κ1) is 6.80. The molecule has 1 heterocycles. The monoisotopic (exact) mass is 151 g/mol. The average Bonchev–Trinajstić information content (AvgIpc) is 2.35. The minimum absolute atomic E-state index is 0.0839. The van der Waals surface area contributed by atoms with Crippen molar-refractivity contribution in [2.24, 2.45) is 0 Å². The molecule has 0 fully saturated rings. The van der Waals surface area contributed by atoms with Crippen molar-refractivity contribution in [1.29, 1.82) is 0 Å². The zero-order chi connectivity index (χ0) is 7.84. The van der Waals surface area contributed by atoms with Crippen LogP contribution in [0.5, 0.6) is 0 Å². The summed E-state index contributed by atoms with van der Waals surface area (Å²) in [7, 11) is 0. The van der Waals surface area contributed by atoms with Crippen molar-refractivity contribution in [3.8, 4) is 0 Å². The molecule has 0 saturated heterocycles. The van der Waals surface area contributed by atoms with Crippen molar-refractivity contribution in [2.45, 2.75) is 19.5 Å². The van der Waals surface area contributed by atoms with Gasteiger partial charge in [-0.1, -0.05) is 12.1 Å². The van der Waals surface area contributed by atoms with E-state index in [-0.39, 0.29) is 5.82 Å². The Hall–Kier alpha value is -0.890. The van der Waals surface area contributed by atoms with Gasteiger partial charge in [0, 0.05) is 18.2 Å².